The molecule has 0 bridgehead atoms. The number of aliphatic hydroxyl groups is 1. The summed E-state index contributed by atoms with van der Waals surface area (Å²) in [6.07, 6.45) is -0.468. The van der Waals surface area contributed by atoms with Crippen LogP contribution in [0.25, 0.3) is 6.08 Å². The Morgan fingerprint density at radius 1 is 0.848 bits per heavy atom. The van der Waals surface area contributed by atoms with Crippen molar-refractivity contribution in [3.63, 3.8) is 0 Å². The molecule has 7 heteroatoms. The second kappa shape index (κ2) is 10.9. The van der Waals surface area contributed by atoms with E-state index < -0.39 is 30.0 Å². The van der Waals surface area contributed by atoms with E-state index in [0.29, 0.717) is 5.06 Å². The molecule has 0 saturated heterocycles. The molecule has 1 amide bonds. The molecule has 0 saturated carbocycles. The van der Waals surface area contributed by atoms with E-state index in [0.717, 1.165) is 5.56 Å². The van der Waals surface area contributed by atoms with Crippen LogP contribution in [0.5, 0.6) is 0 Å². The van der Waals surface area contributed by atoms with E-state index >= 15 is 0 Å². The molecule has 0 aliphatic heterocycles. The number of hydrogen-bond acceptors (Lipinski definition) is 5. The number of carbonyl (C=O) groups is 3. The SMILES string of the molecule is CC(=Cc1ccccc1)C(=O)ON(C(=O)c1ccccc1)[C@@H](c1ccccc1)[C@@H](O)C(=O)O. The fourth-order valence-corrected chi connectivity index (χ4v) is 3.18. The van der Waals surface area contributed by atoms with Crippen LogP contribution in [0.15, 0.2) is 96.6 Å². The minimum Gasteiger partial charge on any atom is -0.479 e. The molecule has 0 radical (unpaired) electrons. The van der Waals surface area contributed by atoms with Crippen LogP contribution in [-0.4, -0.2) is 39.2 Å². The van der Waals surface area contributed by atoms with Gasteiger partial charge in [0.25, 0.3) is 5.91 Å². The summed E-state index contributed by atoms with van der Waals surface area (Å²) < 4.78 is 0. The molecule has 0 aliphatic rings. The highest BCUT2D eigenvalue weighted by Gasteiger charge is 2.39. The fraction of sp³-hybridized carbons (Fsp3) is 0.115. The summed E-state index contributed by atoms with van der Waals surface area (Å²) in [7, 11) is 0. The topological polar surface area (TPSA) is 104 Å². The summed E-state index contributed by atoms with van der Waals surface area (Å²) in [6, 6.07) is 23.6. The minimum atomic E-state index is -2.05. The predicted octanol–water partition coefficient (Wildman–Crippen LogP) is 3.88. The predicted molar refractivity (Wildman–Crippen MR) is 122 cm³/mol. The molecule has 2 atom stereocenters. The summed E-state index contributed by atoms with van der Waals surface area (Å²) >= 11 is 0. The molecule has 0 unspecified atom stereocenters. The Labute approximate surface area is 191 Å². The Morgan fingerprint density at radius 3 is 1.91 bits per heavy atom. The first-order valence-electron chi connectivity index (χ1n) is 10.2. The van der Waals surface area contributed by atoms with Gasteiger partial charge in [-0.25, -0.2) is 9.59 Å². The van der Waals surface area contributed by atoms with Gasteiger partial charge in [-0.2, -0.15) is 5.06 Å². The number of hydrogen-bond donors (Lipinski definition) is 2. The molecular formula is C26H23NO6. The zero-order valence-corrected chi connectivity index (χ0v) is 17.9. The number of aliphatic carboxylic acids is 1. The number of hydroxylamine groups is 2. The number of rotatable bonds is 7. The molecule has 168 valence electrons. The first-order valence-corrected chi connectivity index (χ1v) is 10.2. The second-order valence-electron chi connectivity index (χ2n) is 7.25. The van der Waals surface area contributed by atoms with E-state index in [-0.39, 0.29) is 16.7 Å². The largest absolute Gasteiger partial charge is 0.479 e. The second-order valence-corrected chi connectivity index (χ2v) is 7.25. The molecule has 7 nitrogen and oxygen atoms in total. The van der Waals surface area contributed by atoms with Gasteiger partial charge in [0.15, 0.2) is 6.10 Å². The summed E-state index contributed by atoms with van der Waals surface area (Å²) in [4.78, 5) is 43.4. The summed E-state index contributed by atoms with van der Waals surface area (Å²) in [6.45, 7) is 1.52. The van der Waals surface area contributed by atoms with Crippen molar-refractivity contribution in [2.45, 2.75) is 19.1 Å². The highest BCUT2D eigenvalue weighted by Crippen LogP contribution is 2.28. The third-order valence-electron chi connectivity index (χ3n) is 4.85. The van der Waals surface area contributed by atoms with E-state index in [1.165, 1.54) is 19.1 Å². The van der Waals surface area contributed by atoms with Crippen molar-refractivity contribution in [3.8, 4) is 0 Å². The van der Waals surface area contributed by atoms with Crippen LogP contribution in [0.1, 0.15) is 34.5 Å². The Hall–Kier alpha value is -4.23. The first-order chi connectivity index (χ1) is 15.9. The Kier molecular flexibility index (Phi) is 7.73. The van der Waals surface area contributed by atoms with Gasteiger partial charge in [0.2, 0.25) is 0 Å². The molecule has 0 aliphatic carbocycles. The molecule has 33 heavy (non-hydrogen) atoms. The Balaban J connectivity index is 2.03. The number of amides is 1. The van der Waals surface area contributed by atoms with Crippen LogP contribution in [0.4, 0.5) is 0 Å². The van der Waals surface area contributed by atoms with Crippen molar-refractivity contribution < 1.29 is 29.4 Å². The summed E-state index contributed by atoms with van der Waals surface area (Å²) in [5.74, 6) is -3.20. The van der Waals surface area contributed by atoms with E-state index in [9.17, 15) is 24.6 Å². The molecule has 3 rings (SSSR count). The zero-order valence-electron chi connectivity index (χ0n) is 17.9. The van der Waals surface area contributed by atoms with Crippen LogP contribution >= 0.6 is 0 Å². The number of carbonyl (C=O) groups excluding carboxylic acids is 2. The van der Waals surface area contributed by atoms with Crippen molar-refractivity contribution >= 4 is 23.9 Å². The maximum atomic E-state index is 13.3. The van der Waals surface area contributed by atoms with Crippen molar-refractivity contribution in [2.75, 3.05) is 0 Å². The van der Waals surface area contributed by atoms with E-state index in [4.69, 9.17) is 4.84 Å². The van der Waals surface area contributed by atoms with Gasteiger partial charge in [-0.1, -0.05) is 78.9 Å². The third kappa shape index (κ3) is 5.93. The molecular weight excluding hydrogens is 422 g/mol. The zero-order chi connectivity index (χ0) is 23.8. The monoisotopic (exact) mass is 445 g/mol. The summed E-state index contributed by atoms with van der Waals surface area (Å²) in [5, 5.41) is 20.6. The maximum absolute atomic E-state index is 13.3. The standard InChI is InChI=1S/C26H23NO6/c1-18(17-19-11-5-2-6-12-19)26(32)33-27(24(29)21-15-9-4-10-16-21)22(23(28)25(30)31)20-13-7-3-8-14-20/h2-17,22-23,28H,1H3,(H,30,31)/t22-,23+/m0/s1. The molecule has 3 aromatic carbocycles. The lowest BCUT2D eigenvalue weighted by Crippen LogP contribution is -2.45. The van der Waals surface area contributed by atoms with Gasteiger partial charge < -0.3 is 15.1 Å². The first kappa shape index (κ1) is 23.4. The number of carboxylic acid groups (broad SMARTS) is 1. The number of benzene rings is 3. The van der Waals surface area contributed by atoms with Crippen LogP contribution in [0, 0.1) is 0 Å². The van der Waals surface area contributed by atoms with Crippen molar-refractivity contribution in [3.05, 3.63) is 113 Å². The molecule has 0 heterocycles. The lowest BCUT2D eigenvalue weighted by atomic mass is 10.00. The van der Waals surface area contributed by atoms with Gasteiger partial charge >= 0.3 is 11.9 Å². The molecule has 2 N–H and O–H groups in total. The quantitative estimate of drug-likeness (QED) is 0.423. The highest BCUT2D eigenvalue weighted by atomic mass is 16.7. The van der Waals surface area contributed by atoms with E-state index in [1.807, 2.05) is 18.2 Å². The number of carboxylic acids is 1. The lowest BCUT2D eigenvalue weighted by Gasteiger charge is -2.31. The van der Waals surface area contributed by atoms with E-state index in [1.54, 1.807) is 66.7 Å². The molecule has 0 aromatic heterocycles. The maximum Gasteiger partial charge on any atom is 0.359 e. The molecule has 3 aromatic rings. The van der Waals surface area contributed by atoms with Gasteiger partial charge in [-0.15, -0.1) is 0 Å². The Bertz CT molecular complexity index is 1130. The van der Waals surface area contributed by atoms with Gasteiger partial charge in [0.1, 0.15) is 6.04 Å². The van der Waals surface area contributed by atoms with Crippen LogP contribution in [0.2, 0.25) is 0 Å². The molecule has 0 fully saturated rings. The third-order valence-corrected chi connectivity index (χ3v) is 4.85. The van der Waals surface area contributed by atoms with Crippen molar-refractivity contribution in [1.29, 1.82) is 0 Å². The number of nitrogens with zero attached hydrogens (tertiary/aromatic N) is 1. The average Bonchev–Trinajstić information content (AvgIpc) is 2.84. The van der Waals surface area contributed by atoms with Crippen molar-refractivity contribution in [1.82, 2.24) is 5.06 Å². The minimum absolute atomic E-state index is 0.161. The van der Waals surface area contributed by atoms with Gasteiger partial charge in [0, 0.05) is 11.1 Å². The highest BCUT2D eigenvalue weighted by molar-refractivity contribution is 5.97. The van der Waals surface area contributed by atoms with Crippen LogP contribution < -0.4 is 0 Å². The van der Waals surface area contributed by atoms with Gasteiger partial charge in [-0.05, 0) is 36.3 Å². The Morgan fingerprint density at radius 2 is 1.36 bits per heavy atom. The average molecular weight is 445 g/mol. The lowest BCUT2D eigenvalue weighted by molar-refractivity contribution is -0.194. The van der Waals surface area contributed by atoms with Crippen molar-refractivity contribution in [2.24, 2.45) is 0 Å². The summed E-state index contributed by atoms with van der Waals surface area (Å²) in [5.41, 5.74) is 1.38. The normalized spacial score (nSPS) is 13.0. The van der Waals surface area contributed by atoms with Gasteiger partial charge in [-0.3, -0.25) is 4.79 Å². The smallest absolute Gasteiger partial charge is 0.359 e. The fourth-order valence-electron chi connectivity index (χ4n) is 3.18. The molecule has 0 spiro atoms. The van der Waals surface area contributed by atoms with Crippen LogP contribution in [0.3, 0.4) is 0 Å². The number of aliphatic hydroxyl groups excluding tert-OH is 1. The van der Waals surface area contributed by atoms with E-state index in [2.05, 4.69) is 0 Å². The van der Waals surface area contributed by atoms with Gasteiger partial charge in [0.05, 0.1) is 0 Å². The van der Waals surface area contributed by atoms with Crippen LogP contribution in [-0.2, 0) is 14.4 Å².